The minimum absolute atomic E-state index is 0.0373. The van der Waals surface area contributed by atoms with Crippen LogP contribution in [0, 0.1) is 0 Å². The van der Waals surface area contributed by atoms with E-state index in [2.05, 4.69) is 26.6 Å². The fourth-order valence-corrected chi connectivity index (χ4v) is 5.64. The Labute approximate surface area is 371 Å². The van der Waals surface area contributed by atoms with Crippen LogP contribution in [-0.4, -0.2) is 142 Å². The van der Waals surface area contributed by atoms with E-state index in [1.165, 1.54) is 52.1 Å². The molecule has 0 heterocycles. The predicted molar refractivity (Wildman–Crippen MR) is 236 cm³/mol. The van der Waals surface area contributed by atoms with E-state index in [0.29, 0.717) is 63.5 Å². The molecule has 5 amide bonds. The molecule has 0 aliphatic rings. The number of unbranched alkanes of at least 4 members (excludes halogenated alkanes) is 13. The fourth-order valence-electron chi connectivity index (χ4n) is 5.37. The van der Waals surface area contributed by atoms with E-state index < -0.39 is 18.0 Å². The molecule has 0 bridgehead atoms. The third-order valence-electron chi connectivity index (χ3n) is 8.61. The second-order valence-electron chi connectivity index (χ2n) is 14.1. The average molecular weight is 974 g/mol. The van der Waals surface area contributed by atoms with Crippen molar-refractivity contribution in [3.05, 3.63) is 0 Å². The van der Waals surface area contributed by atoms with Gasteiger partial charge in [-0.2, -0.15) is 0 Å². The molecule has 0 radical (unpaired) electrons. The molecule has 0 aromatic heterocycles. The Balaban J connectivity index is 0. The first-order valence-electron chi connectivity index (χ1n) is 21.6. The molecule has 1 atom stereocenters. The van der Waals surface area contributed by atoms with Crippen molar-refractivity contribution in [3.8, 4) is 0 Å². The van der Waals surface area contributed by atoms with Gasteiger partial charge in [0.1, 0.15) is 19.3 Å². The van der Waals surface area contributed by atoms with Gasteiger partial charge in [0.05, 0.1) is 30.9 Å². The van der Waals surface area contributed by atoms with E-state index in [1.54, 1.807) is 0 Å². The largest absolute Gasteiger partial charge is 0.481 e. The molecule has 0 aliphatic carbocycles. The molecule has 0 aromatic rings. The fraction of sp³-hybridized carbons (Fsp3) is 0.829. The normalized spacial score (nSPS) is 11.1. The van der Waals surface area contributed by atoms with Crippen molar-refractivity contribution in [2.75, 3.05) is 84.0 Å². The SMILES string of the molecule is CCCOCC(=O)NCCOCCOCC(=O)NCCNC(=O)CI.COCCNC(=O)CC[C@H](NC(=O)CCCCCCCCCCCCCCCCC(=O)O)C(=O)O. The summed E-state index contributed by atoms with van der Waals surface area (Å²) >= 11 is 1.97. The summed E-state index contributed by atoms with van der Waals surface area (Å²) in [6, 6.07) is -1.05. The van der Waals surface area contributed by atoms with E-state index in [1.807, 2.05) is 29.5 Å². The van der Waals surface area contributed by atoms with Crippen LogP contribution in [-0.2, 0) is 52.5 Å². The number of ether oxygens (including phenoxy) is 4. The number of halogens is 1. The number of amides is 5. The molecule has 0 rings (SSSR count). The number of hydrogen-bond acceptors (Lipinski definition) is 11. The molecule has 7 N–H and O–H groups in total. The van der Waals surface area contributed by atoms with E-state index in [-0.39, 0.29) is 68.6 Å². The summed E-state index contributed by atoms with van der Waals surface area (Å²) in [5.74, 6) is -2.84. The summed E-state index contributed by atoms with van der Waals surface area (Å²) in [5.41, 5.74) is 0. The Hall–Kier alpha value is -3.14. The van der Waals surface area contributed by atoms with Crippen molar-refractivity contribution in [1.29, 1.82) is 0 Å². The number of methoxy groups -OCH3 is 1. The molecule has 0 saturated heterocycles. The van der Waals surface area contributed by atoms with Gasteiger partial charge in [-0.3, -0.25) is 28.8 Å². The molecule has 19 heteroatoms. The summed E-state index contributed by atoms with van der Waals surface area (Å²) in [4.78, 5) is 79.2. The molecule has 18 nitrogen and oxygen atoms in total. The van der Waals surface area contributed by atoms with Gasteiger partial charge in [-0.15, -0.1) is 0 Å². The number of rotatable bonds is 41. The van der Waals surface area contributed by atoms with Gasteiger partial charge in [0.2, 0.25) is 29.5 Å². The monoisotopic (exact) mass is 973 g/mol. The van der Waals surface area contributed by atoms with Gasteiger partial charge in [0.25, 0.3) is 0 Å². The van der Waals surface area contributed by atoms with Crippen molar-refractivity contribution in [2.24, 2.45) is 0 Å². The Morgan fingerprint density at radius 3 is 1.45 bits per heavy atom. The van der Waals surface area contributed by atoms with Crippen LogP contribution in [0.4, 0.5) is 0 Å². The number of alkyl halides is 1. The summed E-state index contributed by atoms with van der Waals surface area (Å²) in [5, 5.41) is 31.0. The van der Waals surface area contributed by atoms with Crippen LogP contribution in [0.1, 0.15) is 129 Å². The van der Waals surface area contributed by atoms with Gasteiger partial charge in [0.15, 0.2) is 0 Å². The zero-order valence-electron chi connectivity index (χ0n) is 36.3. The second kappa shape index (κ2) is 45.4. The zero-order valence-corrected chi connectivity index (χ0v) is 38.4. The summed E-state index contributed by atoms with van der Waals surface area (Å²) in [6.07, 6.45) is 17.1. The van der Waals surface area contributed by atoms with Crippen LogP contribution >= 0.6 is 22.6 Å². The number of carbonyl (C=O) groups excluding carboxylic acids is 5. The van der Waals surface area contributed by atoms with Gasteiger partial charge in [-0.25, -0.2) is 4.79 Å². The van der Waals surface area contributed by atoms with E-state index in [0.717, 1.165) is 51.4 Å². The topological polar surface area (TPSA) is 257 Å². The maximum Gasteiger partial charge on any atom is 0.326 e. The summed E-state index contributed by atoms with van der Waals surface area (Å²) in [7, 11) is 1.53. The van der Waals surface area contributed by atoms with Gasteiger partial charge in [-0.1, -0.05) is 107 Å². The van der Waals surface area contributed by atoms with Crippen molar-refractivity contribution < 1.29 is 62.7 Å². The highest BCUT2D eigenvalue weighted by Gasteiger charge is 2.20. The number of hydrogen-bond donors (Lipinski definition) is 7. The van der Waals surface area contributed by atoms with Crippen molar-refractivity contribution in [3.63, 3.8) is 0 Å². The smallest absolute Gasteiger partial charge is 0.326 e. The zero-order chi connectivity index (χ0) is 44.9. The molecule has 0 aliphatic heterocycles. The predicted octanol–water partition coefficient (Wildman–Crippen LogP) is 3.65. The van der Waals surface area contributed by atoms with E-state index in [9.17, 15) is 38.7 Å². The van der Waals surface area contributed by atoms with Crippen LogP contribution in [0.15, 0.2) is 0 Å². The lowest BCUT2D eigenvalue weighted by Gasteiger charge is -2.14. The van der Waals surface area contributed by atoms with Crippen molar-refractivity contribution in [1.82, 2.24) is 26.6 Å². The Kier molecular flexibility index (Phi) is 44.6. The molecular weight excluding hydrogens is 897 g/mol. The average Bonchev–Trinajstić information content (AvgIpc) is 3.21. The second-order valence-corrected chi connectivity index (χ2v) is 14.8. The molecule has 0 saturated carbocycles. The highest BCUT2D eigenvalue weighted by atomic mass is 127. The Bertz CT molecular complexity index is 1140. The van der Waals surface area contributed by atoms with Crippen LogP contribution in [0.2, 0.25) is 0 Å². The lowest BCUT2D eigenvalue weighted by Crippen LogP contribution is -2.41. The maximum atomic E-state index is 12.1. The highest BCUT2D eigenvalue weighted by Crippen LogP contribution is 2.14. The molecule has 0 spiro atoms. The summed E-state index contributed by atoms with van der Waals surface area (Å²) < 4.78 is 20.8. The molecule has 60 heavy (non-hydrogen) atoms. The molecule has 350 valence electrons. The lowest BCUT2D eigenvalue weighted by molar-refractivity contribution is -0.142. The molecular formula is C41H76IN5O13. The number of carboxylic acids is 2. The Morgan fingerprint density at radius 1 is 0.500 bits per heavy atom. The number of aliphatic carboxylic acids is 2. The standard InChI is InChI=1S/C26H48N2O7.C15H28IN3O6/c1-35-21-20-27-23(29)19-18-22(26(33)34)28-24(30)16-14-12-10-8-6-4-2-3-5-7-9-11-13-15-17-25(31)32;1-2-6-24-11-15(22)19-5-7-23-8-9-25-12-14(21)18-4-3-17-13(20)10-16/h22H,2-21H2,1H3,(H,27,29)(H,28,30)(H,31,32)(H,33,34);2-12H2,1H3,(H,17,20)(H,18,21)(H,19,22)/t22-;/m0./s1. The third-order valence-corrected chi connectivity index (χ3v) is 9.31. The quantitative estimate of drug-likeness (QED) is 0.0263. The first-order chi connectivity index (χ1) is 29.0. The molecule has 0 fully saturated rings. The lowest BCUT2D eigenvalue weighted by atomic mass is 10.0. The van der Waals surface area contributed by atoms with Crippen LogP contribution in [0.5, 0.6) is 0 Å². The van der Waals surface area contributed by atoms with Crippen molar-refractivity contribution in [2.45, 2.75) is 135 Å². The van der Waals surface area contributed by atoms with Gasteiger partial charge < -0.3 is 55.7 Å². The number of carboxylic acid groups (broad SMARTS) is 2. The molecule has 0 unspecified atom stereocenters. The number of nitrogens with one attached hydrogen (secondary N) is 5. The van der Waals surface area contributed by atoms with Crippen molar-refractivity contribution >= 4 is 64.1 Å². The van der Waals surface area contributed by atoms with Gasteiger partial charge in [0, 0.05) is 59.2 Å². The van der Waals surface area contributed by atoms with Gasteiger partial charge in [-0.05, 0) is 25.7 Å². The van der Waals surface area contributed by atoms with E-state index >= 15 is 0 Å². The van der Waals surface area contributed by atoms with E-state index in [4.69, 9.17) is 24.1 Å². The van der Waals surface area contributed by atoms with Crippen LogP contribution in [0.25, 0.3) is 0 Å². The highest BCUT2D eigenvalue weighted by molar-refractivity contribution is 14.1. The first kappa shape index (κ1) is 59.0. The maximum absolute atomic E-state index is 12.1. The minimum atomic E-state index is -1.13. The third kappa shape index (κ3) is 45.9. The number of carbonyl (C=O) groups is 7. The first-order valence-corrected chi connectivity index (χ1v) is 23.1. The van der Waals surface area contributed by atoms with Gasteiger partial charge >= 0.3 is 11.9 Å². The minimum Gasteiger partial charge on any atom is -0.481 e. The molecule has 0 aromatic carbocycles. The summed E-state index contributed by atoms with van der Waals surface area (Å²) in [6.45, 7) is 5.46. The Morgan fingerprint density at radius 2 is 0.950 bits per heavy atom. The van der Waals surface area contributed by atoms with Crippen LogP contribution < -0.4 is 26.6 Å². The van der Waals surface area contributed by atoms with Crippen LogP contribution in [0.3, 0.4) is 0 Å².